The highest BCUT2D eigenvalue weighted by Gasteiger charge is 2.16. The fourth-order valence-electron chi connectivity index (χ4n) is 2.35. The van der Waals surface area contributed by atoms with E-state index in [0.717, 1.165) is 42.4 Å². The minimum atomic E-state index is -0.755. The van der Waals surface area contributed by atoms with Gasteiger partial charge < -0.3 is 4.74 Å². The van der Waals surface area contributed by atoms with Gasteiger partial charge >= 0.3 is 0 Å². The topological polar surface area (TPSA) is 26.3 Å². The molecular formula is C16H12F2O2. The molecule has 0 atom stereocenters. The zero-order valence-electron chi connectivity index (χ0n) is 10.7. The van der Waals surface area contributed by atoms with Crippen molar-refractivity contribution >= 4 is 5.78 Å². The van der Waals surface area contributed by atoms with Gasteiger partial charge in [-0.1, -0.05) is 0 Å². The van der Waals surface area contributed by atoms with Crippen molar-refractivity contribution in [1.29, 1.82) is 0 Å². The smallest absolute Gasteiger partial charge is 0.193 e. The summed E-state index contributed by atoms with van der Waals surface area (Å²) in [6.45, 7) is 0.676. The number of carbonyl (C=O) groups excluding carboxylic acids is 1. The van der Waals surface area contributed by atoms with E-state index in [9.17, 15) is 13.6 Å². The summed E-state index contributed by atoms with van der Waals surface area (Å²) in [5, 5.41) is 0. The van der Waals surface area contributed by atoms with Gasteiger partial charge in [-0.05, 0) is 48.7 Å². The summed E-state index contributed by atoms with van der Waals surface area (Å²) in [7, 11) is 0. The molecule has 20 heavy (non-hydrogen) atoms. The number of ether oxygens (including phenoxy) is 1. The zero-order valence-corrected chi connectivity index (χ0v) is 10.7. The van der Waals surface area contributed by atoms with Gasteiger partial charge in [0.2, 0.25) is 0 Å². The molecule has 0 unspecified atom stereocenters. The van der Waals surface area contributed by atoms with Crippen LogP contribution in [0.2, 0.25) is 0 Å². The van der Waals surface area contributed by atoms with Crippen LogP contribution in [0.5, 0.6) is 5.75 Å². The molecule has 4 heteroatoms. The first kappa shape index (κ1) is 12.8. The first-order chi connectivity index (χ1) is 9.63. The Labute approximate surface area is 115 Å². The molecule has 0 fully saturated rings. The Hall–Kier alpha value is -2.23. The van der Waals surface area contributed by atoms with E-state index in [1.165, 1.54) is 0 Å². The number of carbonyl (C=O) groups is 1. The first-order valence-electron chi connectivity index (χ1n) is 6.40. The number of benzene rings is 2. The summed E-state index contributed by atoms with van der Waals surface area (Å²) in [6, 6.07) is 7.92. The molecule has 0 spiro atoms. The maximum absolute atomic E-state index is 13.2. The Morgan fingerprint density at radius 3 is 2.50 bits per heavy atom. The molecule has 0 N–H and O–H groups in total. The third-order valence-electron chi connectivity index (χ3n) is 3.30. The summed E-state index contributed by atoms with van der Waals surface area (Å²) in [5.41, 5.74) is 1.39. The summed E-state index contributed by atoms with van der Waals surface area (Å²) >= 11 is 0. The quantitative estimate of drug-likeness (QED) is 0.783. The minimum Gasteiger partial charge on any atom is -0.493 e. The number of aryl methyl sites for hydroxylation is 1. The highest BCUT2D eigenvalue weighted by molar-refractivity contribution is 6.09. The van der Waals surface area contributed by atoms with Crippen LogP contribution in [-0.2, 0) is 6.42 Å². The largest absolute Gasteiger partial charge is 0.493 e. The Morgan fingerprint density at radius 1 is 1.00 bits per heavy atom. The third-order valence-corrected chi connectivity index (χ3v) is 3.30. The predicted octanol–water partition coefficient (Wildman–Crippen LogP) is 3.52. The van der Waals surface area contributed by atoms with Gasteiger partial charge in [-0.3, -0.25) is 4.79 Å². The van der Waals surface area contributed by atoms with E-state index in [1.807, 2.05) is 0 Å². The second kappa shape index (κ2) is 5.04. The average molecular weight is 274 g/mol. The lowest BCUT2D eigenvalue weighted by atomic mass is 9.98. The standard InChI is InChI=1S/C16H12F2O2/c17-13-7-12(8-14(18)9-13)16(19)11-3-4-15-10(6-11)2-1-5-20-15/h3-4,6-9H,1-2,5H2. The number of fused-ring (bicyclic) bond motifs is 1. The Balaban J connectivity index is 1.97. The van der Waals surface area contributed by atoms with Crippen molar-refractivity contribution in [3.8, 4) is 5.75 Å². The molecule has 0 aromatic heterocycles. The SMILES string of the molecule is O=C(c1cc(F)cc(F)c1)c1ccc2c(c1)CCCO2. The molecule has 2 nitrogen and oxygen atoms in total. The van der Waals surface area contributed by atoms with E-state index in [-0.39, 0.29) is 5.56 Å². The van der Waals surface area contributed by atoms with E-state index in [4.69, 9.17) is 4.74 Å². The van der Waals surface area contributed by atoms with Crippen molar-refractivity contribution in [1.82, 2.24) is 0 Å². The fraction of sp³-hybridized carbons (Fsp3) is 0.188. The summed E-state index contributed by atoms with van der Waals surface area (Å²) in [6.07, 6.45) is 1.74. The van der Waals surface area contributed by atoms with Crippen LogP contribution in [0.15, 0.2) is 36.4 Å². The molecule has 1 heterocycles. The second-order valence-corrected chi connectivity index (χ2v) is 4.76. The van der Waals surface area contributed by atoms with E-state index >= 15 is 0 Å². The molecule has 102 valence electrons. The summed E-state index contributed by atoms with van der Waals surface area (Å²) < 4.78 is 31.8. The van der Waals surface area contributed by atoms with E-state index in [0.29, 0.717) is 12.2 Å². The lowest BCUT2D eigenvalue weighted by Crippen LogP contribution is -2.10. The molecule has 0 saturated heterocycles. The van der Waals surface area contributed by atoms with Crippen LogP contribution in [0.25, 0.3) is 0 Å². The Bertz CT molecular complexity index is 660. The normalized spacial score (nSPS) is 13.5. The summed E-state index contributed by atoms with van der Waals surface area (Å²) in [5.74, 6) is -1.13. The lowest BCUT2D eigenvalue weighted by molar-refractivity contribution is 0.103. The molecule has 0 saturated carbocycles. The highest BCUT2D eigenvalue weighted by atomic mass is 19.1. The van der Waals surface area contributed by atoms with Gasteiger partial charge in [0, 0.05) is 17.2 Å². The van der Waals surface area contributed by atoms with Gasteiger partial charge in [-0.2, -0.15) is 0 Å². The van der Waals surface area contributed by atoms with Crippen molar-refractivity contribution in [3.63, 3.8) is 0 Å². The van der Waals surface area contributed by atoms with Crippen molar-refractivity contribution in [3.05, 3.63) is 64.7 Å². The van der Waals surface area contributed by atoms with E-state index in [2.05, 4.69) is 0 Å². The highest BCUT2D eigenvalue weighted by Crippen LogP contribution is 2.26. The van der Waals surface area contributed by atoms with Crippen molar-refractivity contribution < 1.29 is 18.3 Å². The van der Waals surface area contributed by atoms with Crippen molar-refractivity contribution in [2.75, 3.05) is 6.61 Å². The third kappa shape index (κ3) is 2.41. The Kier molecular flexibility index (Phi) is 3.22. The molecule has 3 rings (SSSR count). The van der Waals surface area contributed by atoms with Crippen molar-refractivity contribution in [2.45, 2.75) is 12.8 Å². The number of hydrogen-bond acceptors (Lipinski definition) is 2. The maximum atomic E-state index is 13.2. The molecule has 1 aliphatic rings. The number of ketones is 1. The fourth-order valence-corrected chi connectivity index (χ4v) is 2.35. The van der Waals surface area contributed by atoms with Crippen LogP contribution in [0, 0.1) is 11.6 Å². The molecular weight excluding hydrogens is 262 g/mol. The molecule has 2 aromatic rings. The minimum absolute atomic E-state index is 0.0131. The number of hydrogen-bond donors (Lipinski definition) is 0. The van der Waals surface area contributed by atoms with Gasteiger partial charge in [-0.15, -0.1) is 0 Å². The zero-order chi connectivity index (χ0) is 14.1. The van der Waals surface area contributed by atoms with Gasteiger partial charge in [0.25, 0.3) is 0 Å². The van der Waals surface area contributed by atoms with Crippen LogP contribution in [0.1, 0.15) is 27.9 Å². The average Bonchev–Trinajstić information content (AvgIpc) is 2.45. The molecule has 0 aliphatic carbocycles. The van der Waals surface area contributed by atoms with Crippen molar-refractivity contribution in [2.24, 2.45) is 0 Å². The van der Waals surface area contributed by atoms with Crippen LogP contribution in [0.3, 0.4) is 0 Å². The van der Waals surface area contributed by atoms with Gasteiger partial charge in [0.15, 0.2) is 5.78 Å². The Morgan fingerprint density at radius 2 is 1.75 bits per heavy atom. The van der Waals surface area contributed by atoms with E-state index in [1.54, 1.807) is 18.2 Å². The van der Waals surface area contributed by atoms with Crippen LogP contribution >= 0.6 is 0 Å². The maximum Gasteiger partial charge on any atom is 0.193 e. The lowest BCUT2D eigenvalue weighted by Gasteiger charge is -2.17. The van der Waals surface area contributed by atoms with Crippen LogP contribution in [0.4, 0.5) is 8.78 Å². The van der Waals surface area contributed by atoms with Crippen LogP contribution < -0.4 is 4.74 Å². The second-order valence-electron chi connectivity index (χ2n) is 4.76. The molecule has 1 aliphatic heterocycles. The predicted molar refractivity (Wildman–Crippen MR) is 70.0 cm³/mol. The van der Waals surface area contributed by atoms with Gasteiger partial charge in [0.05, 0.1) is 6.61 Å². The number of halogens is 2. The molecule has 2 aromatic carbocycles. The number of rotatable bonds is 2. The van der Waals surface area contributed by atoms with Gasteiger partial charge in [0.1, 0.15) is 17.4 Å². The molecule has 0 radical (unpaired) electrons. The first-order valence-corrected chi connectivity index (χ1v) is 6.40. The molecule has 0 amide bonds. The molecule has 0 bridgehead atoms. The monoisotopic (exact) mass is 274 g/mol. The summed E-state index contributed by atoms with van der Waals surface area (Å²) in [4.78, 5) is 12.3. The van der Waals surface area contributed by atoms with E-state index < -0.39 is 17.4 Å². The van der Waals surface area contributed by atoms with Crippen LogP contribution in [-0.4, -0.2) is 12.4 Å². The van der Waals surface area contributed by atoms with Gasteiger partial charge in [-0.25, -0.2) is 8.78 Å².